The minimum absolute atomic E-state index is 0.205. The molecule has 0 aliphatic heterocycles. The van der Waals surface area contributed by atoms with Crippen LogP contribution in [0.1, 0.15) is 37.7 Å². The second kappa shape index (κ2) is 5.48. The second-order valence-electron chi connectivity index (χ2n) is 4.80. The van der Waals surface area contributed by atoms with Crippen LogP contribution in [0, 0.1) is 11.3 Å². The average molecular weight is 283 g/mol. The Labute approximate surface area is 121 Å². The maximum atomic E-state index is 12.0. The minimum atomic E-state index is -0.272. The van der Waals surface area contributed by atoms with Crippen LogP contribution in [-0.4, -0.2) is 5.97 Å². The van der Waals surface area contributed by atoms with Crippen LogP contribution in [0.3, 0.4) is 0 Å². The van der Waals surface area contributed by atoms with Gasteiger partial charge < -0.3 is 4.74 Å². The summed E-state index contributed by atoms with van der Waals surface area (Å²) in [5.74, 6) is -0.272. The van der Waals surface area contributed by atoms with Crippen LogP contribution in [0.4, 0.5) is 0 Å². The number of carbonyl (C=O) groups excluding carboxylic acids is 1. The van der Waals surface area contributed by atoms with Crippen molar-refractivity contribution in [2.24, 2.45) is 0 Å². The quantitative estimate of drug-likeness (QED) is 0.810. The van der Waals surface area contributed by atoms with E-state index >= 15 is 0 Å². The van der Waals surface area contributed by atoms with E-state index < -0.39 is 0 Å². The first-order valence-corrected chi connectivity index (χ1v) is 7.35. The molecule has 0 bridgehead atoms. The molecule has 0 unspecified atom stereocenters. The van der Waals surface area contributed by atoms with Crippen LogP contribution in [-0.2, 0) is 24.2 Å². The van der Waals surface area contributed by atoms with E-state index in [1.54, 1.807) is 29.5 Å². The molecule has 0 saturated carbocycles. The van der Waals surface area contributed by atoms with E-state index in [4.69, 9.17) is 10.00 Å². The molecule has 1 aliphatic rings. The van der Waals surface area contributed by atoms with Gasteiger partial charge in [0.05, 0.1) is 11.6 Å². The molecule has 0 radical (unpaired) electrons. The maximum absolute atomic E-state index is 12.0. The number of ether oxygens (including phenoxy) is 1. The first-order valence-electron chi connectivity index (χ1n) is 6.54. The highest BCUT2D eigenvalue weighted by atomic mass is 32.1. The number of rotatable bonds is 3. The molecule has 0 saturated heterocycles. The Hall–Kier alpha value is -2.12. The highest BCUT2D eigenvalue weighted by molar-refractivity contribution is 7.14. The second-order valence-corrected chi connectivity index (χ2v) is 5.94. The normalized spacial score (nSPS) is 12.8. The SMILES string of the molecule is N#Cc1cccc(COC(=O)c2cc3c(s2)CCC3)c1. The average Bonchev–Trinajstić information content (AvgIpc) is 3.06. The van der Waals surface area contributed by atoms with E-state index in [2.05, 4.69) is 6.07 Å². The van der Waals surface area contributed by atoms with Crippen molar-refractivity contribution in [3.8, 4) is 6.07 Å². The lowest BCUT2D eigenvalue weighted by molar-refractivity contribution is 0.0478. The van der Waals surface area contributed by atoms with Crippen LogP contribution in [0.15, 0.2) is 30.3 Å². The van der Waals surface area contributed by atoms with Crippen molar-refractivity contribution in [3.05, 3.63) is 56.8 Å². The number of thiophene rings is 1. The fourth-order valence-electron chi connectivity index (χ4n) is 2.38. The molecule has 1 aliphatic carbocycles. The van der Waals surface area contributed by atoms with Gasteiger partial charge in [-0.15, -0.1) is 11.3 Å². The zero-order valence-electron chi connectivity index (χ0n) is 10.9. The van der Waals surface area contributed by atoms with Gasteiger partial charge in [-0.25, -0.2) is 4.79 Å². The van der Waals surface area contributed by atoms with Gasteiger partial charge in [0.15, 0.2) is 0 Å². The molecule has 20 heavy (non-hydrogen) atoms. The summed E-state index contributed by atoms with van der Waals surface area (Å²) in [5, 5.41) is 8.83. The molecule has 0 fully saturated rings. The number of benzene rings is 1. The largest absolute Gasteiger partial charge is 0.457 e. The molecule has 0 spiro atoms. The molecular formula is C16H13NO2S. The van der Waals surface area contributed by atoms with Gasteiger partial charge in [-0.1, -0.05) is 12.1 Å². The Morgan fingerprint density at radius 2 is 2.25 bits per heavy atom. The topological polar surface area (TPSA) is 50.1 Å². The molecule has 1 aromatic carbocycles. The van der Waals surface area contributed by atoms with Gasteiger partial charge in [-0.2, -0.15) is 5.26 Å². The van der Waals surface area contributed by atoms with E-state index in [0.717, 1.165) is 18.4 Å². The Bertz CT molecular complexity index is 675. The van der Waals surface area contributed by atoms with Crippen LogP contribution >= 0.6 is 11.3 Å². The molecule has 0 amide bonds. The third kappa shape index (κ3) is 2.59. The van der Waals surface area contributed by atoms with Crippen LogP contribution in [0.2, 0.25) is 0 Å². The number of fused-ring (bicyclic) bond motifs is 1. The monoisotopic (exact) mass is 283 g/mol. The van der Waals surface area contributed by atoms with Gasteiger partial charge in [0.1, 0.15) is 11.5 Å². The zero-order chi connectivity index (χ0) is 13.9. The highest BCUT2D eigenvalue weighted by Crippen LogP contribution is 2.31. The first-order chi connectivity index (χ1) is 9.76. The molecule has 100 valence electrons. The van der Waals surface area contributed by atoms with Gasteiger partial charge in [0.25, 0.3) is 0 Å². The van der Waals surface area contributed by atoms with Crippen molar-refractivity contribution in [2.75, 3.05) is 0 Å². The standard InChI is InChI=1S/C16H13NO2S/c17-9-11-3-1-4-12(7-11)10-19-16(18)15-8-13-5-2-6-14(13)20-15/h1,3-4,7-8H,2,5-6,10H2. The Balaban J connectivity index is 1.65. The Morgan fingerprint density at radius 3 is 3.05 bits per heavy atom. The number of aryl methyl sites for hydroxylation is 2. The summed E-state index contributed by atoms with van der Waals surface area (Å²) in [7, 11) is 0. The molecule has 1 heterocycles. The molecule has 3 rings (SSSR count). The molecule has 2 aromatic rings. The number of carbonyl (C=O) groups is 1. The van der Waals surface area contributed by atoms with Crippen LogP contribution in [0.25, 0.3) is 0 Å². The van der Waals surface area contributed by atoms with Gasteiger partial charge in [-0.05, 0) is 48.6 Å². The summed E-state index contributed by atoms with van der Waals surface area (Å²) in [6.45, 7) is 0.205. The van der Waals surface area contributed by atoms with Crippen LogP contribution in [0.5, 0.6) is 0 Å². The van der Waals surface area contributed by atoms with E-state index in [1.807, 2.05) is 12.1 Å². The van der Waals surface area contributed by atoms with E-state index in [0.29, 0.717) is 10.4 Å². The lowest BCUT2D eigenvalue weighted by Gasteiger charge is -2.03. The number of nitrogens with zero attached hydrogens (tertiary/aromatic N) is 1. The van der Waals surface area contributed by atoms with E-state index in [9.17, 15) is 4.79 Å². The van der Waals surface area contributed by atoms with Crippen molar-refractivity contribution >= 4 is 17.3 Å². The molecule has 4 heteroatoms. The summed E-state index contributed by atoms with van der Waals surface area (Å²) in [5.41, 5.74) is 2.71. The molecule has 3 nitrogen and oxygen atoms in total. The van der Waals surface area contributed by atoms with Gasteiger partial charge >= 0.3 is 5.97 Å². The summed E-state index contributed by atoms with van der Waals surface area (Å²) < 4.78 is 5.31. The number of nitriles is 1. The number of hydrogen-bond acceptors (Lipinski definition) is 4. The Morgan fingerprint density at radius 1 is 1.35 bits per heavy atom. The third-order valence-electron chi connectivity index (χ3n) is 3.37. The predicted octanol–water partition coefficient (Wildman–Crippen LogP) is 3.47. The fourth-order valence-corrected chi connectivity index (χ4v) is 3.53. The number of esters is 1. The van der Waals surface area contributed by atoms with Crippen LogP contribution < -0.4 is 0 Å². The van der Waals surface area contributed by atoms with E-state index in [1.165, 1.54) is 16.9 Å². The molecule has 1 aromatic heterocycles. The lowest BCUT2D eigenvalue weighted by atomic mass is 10.1. The highest BCUT2D eigenvalue weighted by Gasteiger charge is 2.19. The summed E-state index contributed by atoms with van der Waals surface area (Å²) in [6, 6.07) is 11.1. The van der Waals surface area contributed by atoms with Crippen molar-refractivity contribution < 1.29 is 9.53 Å². The van der Waals surface area contributed by atoms with Gasteiger partial charge in [0, 0.05) is 4.88 Å². The Kier molecular flexibility index (Phi) is 3.53. The third-order valence-corrected chi connectivity index (χ3v) is 4.59. The smallest absolute Gasteiger partial charge is 0.348 e. The van der Waals surface area contributed by atoms with E-state index in [-0.39, 0.29) is 12.6 Å². The molecule has 0 atom stereocenters. The van der Waals surface area contributed by atoms with Gasteiger partial charge in [-0.3, -0.25) is 0 Å². The first kappa shape index (κ1) is 12.9. The summed E-state index contributed by atoms with van der Waals surface area (Å²) >= 11 is 1.55. The summed E-state index contributed by atoms with van der Waals surface area (Å²) in [4.78, 5) is 14.0. The molecule has 0 N–H and O–H groups in total. The molecular weight excluding hydrogens is 270 g/mol. The van der Waals surface area contributed by atoms with Crippen molar-refractivity contribution in [1.29, 1.82) is 5.26 Å². The fraction of sp³-hybridized carbons (Fsp3) is 0.250. The van der Waals surface area contributed by atoms with Crippen molar-refractivity contribution in [3.63, 3.8) is 0 Å². The summed E-state index contributed by atoms with van der Waals surface area (Å²) in [6.07, 6.45) is 3.35. The van der Waals surface area contributed by atoms with Gasteiger partial charge in [0.2, 0.25) is 0 Å². The minimum Gasteiger partial charge on any atom is -0.457 e. The predicted molar refractivity (Wildman–Crippen MR) is 76.6 cm³/mol. The lowest BCUT2D eigenvalue weighted by Crippen LogP contribution is -2.03. The van der Waals surface area contributed by atoms with Crippen molar-refractivity contribution in [2.45, 2.75) is 25.9 Å². The number of hydrogen-bond donors (Lipinski definition) is 0. The maximum Gasteiger partial charge on any atom is 0.348 e. The van der Waals surface area contributed by atoms with Crippen molar-refractivity contribution in [1.82, 2.24) is 0 Å². The zero-order valence-corrected chi connectivity index (χ0v) is 11.7.